The topological polar surface area (TPSA) is 80.0 Å². The minimum Gasteiger partial charge on any atom is -0.369 e. The summed E-state index contributed by atoms with van der Waals surface area (Å²) in [5.41, 5.74) is 13.0. The van der Waals surface area contributed by atoms with Crippen molar-refractivity contribution >= 4 is 40.2 Å². The zero-order valence-electron chi connectivity index (χ0n) is 12.4. The Morgan fingerprint density at radius 1 is 1.23 bits per heavy atom. The van der Waals surface area contributed by atoms with E-state index in [1.165, 1.54) is 12.5 Å². The van der Waals surface area contributed by atoms with Crippen molar-refractivity contribution in [2.24, 2.45) is 21.5 Å². The highest BCUT2D eigenvalue weighted by Gasteiger charge is 2.43. The van der Waals surface area contributed by atoms with Crippen LogP contribution in [0.1, 0.15) is 37.7 Å². The van der Waals surface area contributed by atoms with Gasteiger partial charge < -0.3 is 11.5 Å². The summed E-state index contributed by atoms with van der Waals surface area (Å²) in [6.07, 6.45) is 5.06. The van der Waals surface area contributed by atoms with Crippen LogP contribution < -0.4 is 16.4 Å². The van der Waals surface area contributed by atoms with Crippen molar-refractivity contribution in [2.75, 3.05) is 4.90 Å². The van der Waals surface area contributed by atoms with Gasteiger partial charge in [0.15, 0.2) is 0 Å². The molecular weight excluding hydrogens is 396 g/mol. The van der Waals surface area contributed by atoms with E-state index in [9.17, 15) is 4.39 Å². The Balaban J connectivity index is 2.14. The third kappa shape index (κ3) is 2.45. The first-order valence-electron chi connectivity index (χ1n) is 7.39. The van der Waals surface area contributed by atoms with Crippen molar-refractivity contribution in [3.05, 3.63) is 27.1 Å². The molecule has 0 aromatic heterocycles. The summed E-state index contributed by atoms with van der Waals surface area (Å²) in [6.45, 7) is 1.77. The number of hydrogen-bond acceptors (Lipinski definition) is 5. The Kier molecular flexibility index (Phi) is 4.00. The van der Waals surface area contributed by atoms with Gasteiger partial charge in [0.05, 0.1) is 5.69 Å². The summed E-state index contributed by atoms with van der Waals surface area (Å²) in [6, 6.07) is 3.22. The number of guanidine groups is 2. The molecule has 1 fully saturated rings. The molecule has 118 valence electrons. The summed E-state index contributed by atoms with van der Waals surface area (Å²) in [5.74, 6) is 0.337. The van der Waals surface area contributed by atoms with E-state index in [0.29, 0.717) is 11.5 Å². The predicted molar refractivity (Wildman–Crippen MR) is 95.4 cm³/mol. The maximum absolute atomic E-state index is 13.8. The fraction of sp³-hybridized carbons (Fsp3) is 0.467. The van der Waals surface area contributed by atoms with E-state index < -0.39 is 5.66 Å². The Labute approximate surface area is 142 Å². The van der Waals surface area contributed by atoms with Crippen LogP contribution in [0, 0.1) is 16.3 Å². The average molecular weight is 415 g/mol. The number of halogens is 2. The van der Waals surface area contributed by atoms with Crippen molar-refractivity contribution in [3.63, 3.8) is 0 Å². The molecule has 1 aliphatic heterocycles. The van der Waals surface area contributed by atoms with Crippen molar-refractivity contribution < 1.29 is 4.39 Å². The van der Waals surface area contributed by atoms with E-state index in [-0.39, 0.29) is 11.8 Å². The summed E-state index contributed by atoms with van der Waals surface area (Å²) in [4.78, 5) is 10.7. The summed E-state index contributed by atoms with van der Waals surface area (Å²) in [7, 11) is 0. The van der Waals surface area contributed by atoms with Gasteiger partial charge in [0.25, 0.3) is 0 Å². The molecule has 1 saturated carbocycles. The molecule has 7 heteroatoms. The molecule has 0 saturated heterocycles. The molecule has 0 bridgehead atoms. The molecule has 1 aliphatic carbocycles. The van der Waals surface area contributed by atoms with Gasteiger partial charge in [-0.2, -0.15) is 4.99 Å². The van der Waals surface area contributed by atoms with Crippen molar-refractivity contribution in [3.8, 4) is 0 Å². The summed E-state index contributed by atoms with van der Waals surface area (Å²) < 4.78 is 14.6. The van der Waals surface area contributed by atoms with Crippen LogP contribution in [0.15, 0.2) is 22.1 Å². The van der Waals surface area contributed by atoms with Crippen LogP contribution in [0.5, 0.6) is 0 Å². The fourth-order valence-corrected chi connectivity index (χ4v) is 3.97. The highest BCUT2D eigenvalue weighted by atomic mass is 127. The SMILES string of the molecule is Cc1c(F)ccc(N2C(N)=NC(N)=NC23CCCCC3)c1I. The van der Waals surface area contributed by atoms with Crippen LogP contribution in [0.4, 0.5) is 10.1 Å². The zero-order valence-corrected chi connectivity index (χ0v) is 14.6. The van der Waals surface area contributed by atoms with Gasteiger partial charge in [0.2, 0.25) is 11.9 Å². The standard InChI is InChI=1S/C15H19FIN5/c1-9-10(16)5-6-11(12(9)17)22-14(19)20-13(18)21-15(22)7-3-2-4-8-15/h5-6H,2-4,7-8H2,1H3,(H4,18,19,20,21). The van der Waals surface area contributed by atoms with Gasteiger partial charge in [-0.25, -0.2) is 9.38 Å². The van der Waals surface area contributed by atoms with Crippen LogP contribution in [0.3, 0.4) is 0 Å². The lowest BCUT2D eigenvalue weighted by atomic mass is 9.87. The summed E-state index contributed by atoms with van der Waals surface area (Å²) >= 11 is 2.16. The van der Waals surface area contributed by atoms with Gasteiger partial charge in [-0.1, -0.05) is 6.42 Å². The first-order chi connectivity index (χ1) is 10.4. The second-order valence-corrected chi connectivity index (χ2v) is 6.90. The highest BCUT2D eigenvalue weighted by molar-refractivity contribution is 14.1. The largest absolute Gasteiger partial charge is 0.369 e. The molecule has 0 unspecified atom stereocenters. The molecular formula is C15H19FIN5. The molecule has 1 heterocycles. The van der Waals surface area contributed by atoms with Gasteiger partial charge in [-0.3, -0.25) is 4.90 Å². The van der Waals surface area contributed by atoms with Crippen LogP contribution in [-0.2, 0) is 0 Å². The van der Waals surface area contributed by atoms with Gasteiger partial charge in [-0.15, -0.1) is 0 Å². The normalized spacial score (nSPS) is 20.8. The predicted octanol–water partition coefficient (Wildman–Crippen LogP) is 2.85. The van der Waals surface area contributed by atoms with E-state index in [4.69, 9.17) is 11.5 Å². The second kappa shape index (κ2) is 5.68. The molecule has 0 amide bonds. The molecule has 1 aromatic rings. The Morgan fingerprint density at radius 2 is 1.91 bits per heavy atom. The lowest BCUT2D eigenvalue weighted by Crippen LogP contribution is -2.58. The van der Waals surface area contributed by atoms with Crippen molar-refractivity contribution in [2.45, 2.75) is 44.7 Å². The van der Waals surface area contributed by atoms with Gasteiger partial charge in [0, 0.05) is 9.13 Å². The number of nitrogens with zero attached hydrogens (tertiary/aromatic N) is 3. The monoisotopic (exact) mass is 415 g/mol. The lowest BCUT2D eigenvalue weighted by molar-refractivity contribution is 0.305. The molecule has 1 aromatic carbocycles. The lowest BCUT2D eigenvalue weighted by Gasteiger charge is -2.46. The first kappa shape index (κ1) is 15.5. The number of benzene rings is 1. The smallest absolute Gasteiger partial charge is 0.220 e. The zero-order chi connectivity index (χ0) is 15.9. The molecule has 0 radical (unpaired) electrons. The number of rotatable bonds is 1. The van der Waals surface area contributed by atoms with E-state index >= 15 is 0 Å². The molecule has 1 spiro atoms. The number of nitrogens with two attached hydrogens (primary N) is 2. The van der Waals surface area contributed by atoms with E-state index in [1.54, 1.807) is 13.0 Å². The van der Waals surface area contributed by atoms with E-state index in [1.807, 2.05) is 4.90 Å². The van der Waals surface area contributed by atoms with Gasteiger partial charge in [0.1, 0.15) is 11.5 Å². The Morgan fingerprint density at radius 3 is 2.59 bits per heavy atom. The quantitative estimate of drug-likeness (QED) is 0.693. The minimum absolute atomic E-state index is 0.221. The first-order valence-corrected chi connectivity index (χ1v) is 8.47. The van der Waals surface area contributed by atoms with Crippen LogP contribution >= 0.6 is 22.6 Å². The molecule has 3 rings (SSSR count). The van der Waals surface area contributed by atoms with Crippen molar-refractivity contribution in [1.29, 1.82) is 0 Å². The number of aliphatic imine (C=N–C) groups is 2. The van der Waals surface area contributed by atoms with Crippen LogP contribution in [0.2, 0.25) is 0 Å². The summed E-state index contributed by atoms with van der Waals surface area (Å²) in [5, 5.41) is 0. The Hall–Kier alpha value is -1.38. The molecule has 2 aliphatic rings. The van der Waals surface area contributed by atoms with Gasteiger partial charge >= 0.3 is 0 Å². The molecule has 5 nitrogen and oxygen atoms in total. The molecule has 22 heavy (non-hydrogen) atoms. The number of anilines is 1. The number of hydrogen-bond donors (Lipinski definition) is 2. The van der Waals surface area contributed by atoms with E-state index in [2.05, 4.69) is 32.6 Å². The van der Waals surface area contributed by atoms with E-state index in [0.717, 1.165) is 34.9 Å². The van der Waals surface area contributed by atoms with Gasteiger partial charge in [-0.05, 0) is 67.3 Å². The van der Waals surface area contributed by atoms with Crippen molar-refractivity contribution in [1.82, 2.24) is 0 Å². The second-order valence-electron chi connectivity index (χ2n) is 5.82. The fourth-order valence-electron chi connectivity index (χ4n) is 3.29. The third-order valence-electron chi connectivity index (χ3n) is 4.39. The maximum atomic E-state index is 13.8. The van der Waals surface area contributed by atoms with Crippen LogP contribution in [0.25, 0.3) is 0 Å². The van der Waals surface area contributed by atoms with Crippen LogP contribution in [-0.4, -0.2) is 17.6 Å². The molecule has 0 atom stereocenters. The molecule has 4 N–H and O–H groups in total. The average Bonchev–Trinajstić information content (AvgIpc) is 2.47. The minimum atomic E-state index is -0.488. The third-order valence-corrected chi connectivity index (χ3v) is 5.75. The highest BCUT2D eigenvalue weighted by Crippen LogP contribution is 2.41. The maximum Gasteiger partial charge on any atom is 0.220 e. The Bertz CT molecular complexity index is 664.